The van der Waals surface area contributed by atoms with Crippen molar-refractivity contribution in [2.75, 3.05) is 0 Å². The van der Waals surface area contributed by atoms with Gasteiger partial charge >= 0.3 is 0 Å². The van der Waals surface area contributed by atoms with Crippen LogP contribution in [-0.2, 0) is 0 Å². The van der Waals surface area contributed by atoms with E-state index in [0.717, 1.165) is 21.2 Å². The number of allylic oxidation sites excluding steroid dienone is 1. The van der Waals surface area contributed by atoms with Gasteiger partial charge in [0.15, 0.2) is 0 Å². The Balaban J connectivity index is 3.06. The molecule has 0 aliphatic carbocycles. The predicted molar refractivity (Wildman–Crippen MR) is 65.1 cm³/mol. The first kappa shape index (κ1) is 11.6. The number of hydrogen-bond donors (Lipinski definition) is 0. The molecule has 1 rings (SSSR count). The second-order valence-corrected chi connectivity index (χ2v) is 4.46. The van der Waals surface area contributed by atoms with Crippen LogP contribution in [0.5, 0.6) is 0 Å². The molecule has 0 aromatic heterocycles. The van der Waals surface area contributed by atoms with Crippen LogP contribution in [0.1, 0.15) is 25.0 Å². The van der Waals surface area contributed by atoms with Crippen LogP contribution in [0.4, 0.5) is 0 Å². The molecule has 0 bridgehead atoms. The van der Waals surface area contributed by atoms with Gasteiger partial charge in [0, 0.05) is 5.02 Å². The second-order valence-electron chi connectivity index (χ2n) is 3.68. The van der Waals surface area contributed by atoms with E-state index in [0.29, 0.717) is 5.92 Å². The van der Waals surface area contributed by atoms with Crippen LogP contribution in [0.15, 0.2) is 18.2 Å². The molecule has 0 aliphatic rings. The molecule has 0 N–H and O–H groups in total. The largest absolute Gasteiger partial charge is 0.0840 e. The minimum Gasteiger partial charge on any atom is -0.0840 e. The lowest BCUT2D eigenvalue weighted by atomic mass is 10.1. The molecule has 14 heavy (non-hydrogen) atoms. The van der Waals surface area contributed by atoms with E-state index < -0.39 is 0 Å². The van der Waals surface area contributed by atoms with Crippen molar-refractivity contribution in [1.29, 1.82) is 0 Å². The van der Waals surface area contributed by atoms with Crippen molar-refractivity contribution in [2.24, 2.45) is 5.92 Å². The summed E-state index contributed by atoms with van der Waals surface area (Å²) in [5, 5.41) is 1.46. The molecular formula is C12H14Cl2. The van der Waals surface area contributed by atoms with Crippen LogP contribution in [-0.4, -0.2) is 0 Å². The van der Waals surface area contributed by atoms with E-state index in [1.54, 1.807) is 0 Å². The lowest BCUT2D eigenvalue weighted by molar-refractivity contribution is 0.836. The zero-order valence-electron chi connectivity index (χ0n) is 8.64. The first-order chi connectivity index (χ1) is 6.52. The van der Waals surface area contributed by atoms with Crippen molar-refractivity contribution in [3.8, 4) is 0 Å². The maximum absolute atomic E-state index is 6.15. The Morgan fingerprint density at radius 1 is 1.21 bits per heavy atom. The zero-order valence-corrected chi connectivity index (χ0v) is 10.2. The maximum Gasteiger partial charge on any atom is 0.0522 e. The summed E-state index contributed by atoms with van der Waals surface area (Å²) in [4.78, 5) is 0. The highest BCUT2D eigenvalue weighted by molar-refractivity contribution is 6.36. The molecule has 0 atom stereocenters. The van der Waals surface area contributed by atoms with E-state index in [-0.39, 0.29) is 0 Å². The van der Waals surface area contributed by atoms with Gasteiger partial charge in [0.1, 0.15) is 0 Å². The molecule has 0 nitrogen and oxygen atoms in total. The predicted octanol–water partition coefficient (Wildman–Crippen LogP) is 4.97. The van der Waals surface area contributed by atoms with E-state index in [1.807, 2.05) is 25.1 Å². The maximum atomic E-state index is 6.15. The molecule has 0 radical (unpaired) electrons. The molecular weight excluding hydrogens is 215 g/mol. The minimum absolute atomic E-state index is 0.530. The van der Waals surface area contributed by atoms with E-state index in [9.17, 15) is 0 Å². The Morgan fingerprint density at radius 3 is 2.43 bits per heavy atom. The first-order valence-electron chi connectivity index (χ1n) is 4.65. The SMILES string of the molecule is Cc1c(Cl)ccc(/C=C/C(C)C)c1Cl. The van der Waals surface area contributed by atoms with Gasteiger partial charge in [-0.2, -0.15) is 0 Å². The molecule has 0 fully saturated rings. The Bertz CT molecular complexity index is 352. The summed E-state index contributed by atoms with van der Waals surface area (Å²) in [6.45, 7) is 6.19. The van der Waals surface area contributed by atoms with E-state index >= 15 is 0 Å². The fraction of sp³-hybridized carbons (Fsp3) is 0.333. The lowest BCUT2D eigenvalue weighted by Crippen LogP contribution is -1.83. The van der Waals surface area contributed by atoms with Crippen molar-refractivity contribution in [3.05, 3.63) is 39.4 Å². The van der Waals surface area contributed by atoms with Crippen LogP contribution in [0.3, 0.4) is 0 Å². The van der Waals surface area contributed by atoms with Crippen molar-refractivity contribution >= 4 is 29.3 Å². The smallest absolute Gasteiger partial charge is 0.0522 e. The summed E-state index contributed by atoms with van der Waals surface area (Å²) in [6.07, 6.45) is 4.16. The molecule has 0 amide bonds. The van der Waals surface area contributed by atoms with Gasteiger partial charge in [-0.05, 0) is 30.0 Å². The second kappa shape index (κ2) is 4.86. The van der Waals surface area contributed by atoms with Gasteiger partial charge < -0.3 is 0 Å². The molecule has 0 aliphatic heterocycles. The summed E-state index contributed by atoms with van der Waals surface area (Å²) >= 11 is 12.1. The van der Waals surface area contributed by atoms with Crippen LogP contribution in [0.2, 0.25) is 10.0 Å². The molecule has 1 aromatic carbocycles. The summed E-state index contributed by atoms with van der Waals surface area (Å²) in [5.74, 6) is 0.530. The Hall–Kier alpha value is -0.460. The lowest BCUT2D eigenvalue weighted by Gasteiger charge is -2.04. The molecule has 0 spiro atoms. The highest BCUT2D eigenvalue weighted by Crippen LogP contribution is 2.28. The minimum atomic E-state index is 0.530. The van der Waals surface area contributed by atoms with Crippen LogP contribution in [0.25, 0.3) is 6.08 Å². The summed E-state index contributed by atoms with van der Waals surface area (Å²) < 4.78 is 0. The topological polar surface area (TPSA) is 0 Å². The molecule has 0 saturated heterocycles. The van der Waals surface area contributed by atoms with Crippen LogP contribution >= 0.6 is 23.2 Å². The van der Waals surface area contributed by atoms with E-state index in [1.165, 1.54) is 0 Å². The number of rotatable bonds is 2. The number of halogens is 2. The number of benzene rings is 1. The van der Waals surface area contributed by atoms with Gasteiger partial charge in [-0.3, -0.25) is 0 Å². The average molecular weight is 229 g/mol. The monoisotopic (exact) mass is 228 g/mol. The molecule has 76 valence electrons. The highest BCUT2D eigenvalue weighted by atomic mass is 35.5. The molecule has 2 heteroatoms. The van der Waals surface area contributed by atoms with Gasteiger partial charge in [0.25, 0.3) is 0 Å². The zero-order chi connectivity index (χ0) is 10.7. The molecule has 0 unspecified atom stereocenters. The standard InChI is InChI=1S/C12H14Cl2/c1-8(2)4-5-10-6-7-11(13)9(3)12(10)14/h4-8H,1-3H3/b5-4+. The van der Waals surface area contributed by atoms with Gasteiger partial charge in [0.05, 0.1) is 5.02 Å². The fourth-order valence-corrected chi connectivity index (χ4v) is 1.54. The Kier molecular flexibility index (Phi) is 4.03. The first-order valence-corrected chi connectivity index (χ1v) is 5.40. The quantitative estimate of drug-likeness (QED) is 0.671. The fourth-order valence-electron chi connectivity index (χ4n) is 1.11. The van der Waals surface area contributed by atoms with E-state index in [2.05, 4.69) is 19.9 Å². The third-order valence-corrected chi connectivity index (χ3v) is 2.92. The average Bonchev–Trinajstić information content (AvgIpc) is 2.13. The Morgan fingerprint density at radius 2 is 1.86 bits per heavy atom. The third kappa shape index (κ3) is 2.76. The summed E-state index contributed by atoms with van der Waals surface area (Å²) in [7, 11) is 0. The summed E-state index contributed by atoms with van der Waals surface area (Å²) in [5.41, 5.74) is 1.97. The third-order valence-electron chi connectivity index (χ3n) is 2.01. The number of hydrogen-bond acceptors (Lipinski definition) is 0. The molecule has 0 saturated carbocycles. The van der Waals surface area contributed by atoms with E-state index in [4.69, 9.17) is 23.2 Å². The van der Waals surface area contributed by atoms with Gasteiger partial charge in [-0.1, -0.05) is 55.3 Å². The highest BCUT2D eigenvalue weighted by Gasteiger charge is 2.03. The van der Waals surface area contributed by atoms with Gasteiger partial charge in [0.2, 0.25) is 0 Å². The van der Waals surface area contributed by atoms with Gasteiger partial charge in [-0.15, -0.1) is 0 Å². The van der Waals surface area contributed by atoms with Crippen molar-refractivity contribution in [2.45, 2.75) is 20.8 Å². The normalized spacial score (nSPS) is 11.6. The van der Waals surface area contributed by atoms with Crippen molar-refractivity contribution < 1.29 is 0 Å². The van der Waals surface area contributed by atoms with Crippen LogP contribution in [0, 0.1) is 12.8 Å². The van der Waals surface area contributed by atoms with Crippen molar-refractivity contribution in [1.82, 2.24) is 0 Å². The van der Waals surface area contributed by atoms with Crippen molar-refractivity contribution in [3.63, 3.8) is 0 Å². The van der Waals surface area contributed by atoms with Gasteiger partial charge in [-0.25, -0.2) is 0 Å². The Labute approximate surface area is 95.5 Å². The molecule has 0 heterocycles. The van der Waals surface area contributed by atoms with Crippen LogP contribution < -0.4 is 0 Å². The summed E-state index contributed by atoms with van der Waals surface area (Å²) in [6, 6.07) is 3.82. The molecule has 1 aromatic rings.